The molecule has 0 fully saturated rings. The standard InChI is InChI=1S/C20H13ClN2O3S/c21-13-3-8-16-12(10-13)11-17(26-16)19(24)22-14-4-6-15(7-5-14)23-20(25)18-2-1-9-27-18/h1-11H,(H,22,24)(H,23,25). The Labute approximate surface area is 163 Å². The maximum atomic E-state index is 12.4. The molecule has 2 heterocycles. The van der Waals surface area contributed by atoms with Gasteiger partial charge in [-0.3, -0.25) is 9.59 Å². The molecule has 0 radical (unpaired) electrons. The van der Waals surface area contributed by atoms with Crippen molar-refractivity contribution in [1.82, 2.24) is 0 Å². The number of thiophene rings is 1. The van der Waals surface area contributed by atoms with Crippen molar-refractivity contribution in [3.63, 3.8) is 0 Å². The van der Waals surface area contributed by atoms with E-state index in [1.807, 2.05) is 11.4 Å². The average Bonchev–Trinajstić information content (AvgIpc) is 3.32. The Bertz CT molecular complexity index is 1120. The van der Waals surface area contributed by atoms with E-state index in [-0.39, 0.29) is 17.6 Å². The molecule has 0 aliphatic rings. The monoisotopic (exact) mass is 396 g/mol. The summed E-state index contributed by atoms with van der Waals surface area (Å²) in [6.45, 7) is 0. The van der Waals surface area contributed by atoms with E-state index in [1.165, 1.54) is 11.3 Å². The van der Waals surface area contributed by atoms with Gasteiger partial charge < -0.3 is 15.1 Å². The number of carbonyl (C=O) groups is 2. The van der Waals surface area contributed by atoms with Gasteiger partial charge in [0.05, 0.1) is 4.88 Å². The first-order valence-electron chi connectivity index (χ1n) is 8.04. The summed E-state index contributed by atoms with van der Waals surface area (Å²) in [6.07, 6.45) is 0. The van der Waals surface area contributed by atoms with Crippen LogP contribution >= 0.6 is 22.9 Å². The molecular formula is C20H13ClN2O3S. The van der Waals surface area contributed by atoms with Crippen molar-refractivity contribution in [3.05, 3.63) is 81.7 Å². The molecule has 7 heteroatoms. The third kappa shape index (κ3) is 3.86. The molecule has 4 rings (SSSR count). The second-order valence-electron chi connectivity index (χ2n) is 5.76. The van der Waals surface area contributed by atoms with Crippen LogP contribution in [0.25, 0.3) is 11.0 Å². The highest BCUT2D eigenvalue weighted by Crippen LogP contribution is 2.24. The lowest BCUT2D eigenvalue weighted by Crippen LogP contribution is -2.12. The van der Waals surface area contributed by atoms with E-state index in [1.54, 1.807) is 54.6 Å². The summed E-state index contributed by atoms with van der Waals surface area (Å²) in [6, 6.07) is 17.3. The van der Waals surface area contributed by atoms with E-state index < -0.39 is 0 Å². The maximum Gasteiger partial charge on any atom is 0.291 e. The lowest BCUT2D eigenvalue weighted by atomic mass is 10.2. The molecule has 2 amide bonds. The number of halogens is 1. The molecule has 0 saturated heterocycles. The molecule has 0 unspecified atom stereocenters. The Morgan fingerprint density at radius 2 is 1.59 bits per heavy atom. The van der Waals surface area contributed by atoms with Crippen LogP contribution in [0.15, 0.2) is 70.5 Å². The minimum absolute atomic E-state index is 0.164. The van der Waals surface area contributed by atoms with Gasteiger partial charge in [0.25, 0.3) is 11.8 Å². The zero-order valence-electron chi connectivity index (χ0n) is 13.9. The summed E-state index contributed by atoms with van der Waals surface area (Å²) < 4.78 is 5.55. The van der Waals surface area contributed by atoms with Crippen LogP contribution in [0.3, 0.4) is 0 Å². The number of nitrogens with one attached hydrogen (secondary N) is 2. The Balaban J connectivity index is 1.44. The zero-order valence-corrected chi connectivity index (χ0v) is 15.4. The average molecular weight is 397 g/mol. The Morgan fingerprint density at radius 1 is 0.889 bits per heavy atom. The van der Waals surface area contributed by atoms with Crippen LogP contribution in [0.5, 0.6) is 0 Å². The van der Waals surface area contributed by atoms with Crippen molar-refractivity contribution < 1.29 is 14.0 Å². The second-order valence-corrected chi connectivity index (χ2v) is 7.14. The Morgan fingerprint density at radius 3 is 2.26 bits per heavy atom. The molecule has 0 atom stereocenters. The van der Waals surface area contributed by atoms with E-state index in [9.17, 15) is 9.59 Å². The van der Waals surface area contributed by atoms with Crippen molar-refractivity contribution in [2.75, 3.05) is 10.6 Å². The van der Waals surface area contributed by atoms with Gasteiger partial charge in [0.1, 0.15) is 5.58 Å². The van der Waals surface area contributed by atoms with E-state index in [2.05, 4.69) is 10.6 Å². The van der Waals surface area contributed by atoms with Crippen LogP contribution < -0.4 is 10.6 Å². The summed E-state index contributed by atoms with van der Waals surface area (Å²) in [5.41, 5.74) is 1.83. The number of hydrogen-bond donors (Lipinski definition) is 2. The molecule has 0 bridgehead atoms. The molecule has 0 aliphatic heterocycles. The number of amides is 2. The van der Waals surface area contributed by atoms with Crippen LogP contribution in [0.4, 0.5) is 11.4 Å². The summed E-state index contributed by atoms with van der Waals surface area (Å²) in [7, 11) is 0. The summed E-state index contributed by atoms with van der Waals surface area (Å²) in [5.74, 6) is -0.331. The predicted molar refractivity (Wildman–Crippen MR) is 108 cm³/mol. The predicted octanol–water partition coefficient (Wildman–Crippen LogP) is 5.65. The quantitative estimate of drug-likeness (QED) is 0.468. The fourth-order valence-electron chi connectivity index (χ4n) is 2.56. The molecule has 134 valence electrons. The number of anilines is 2. The first-order valence-corrected chi connectivity index (χ1v) is 9.30. The molecule has 27 heavy (non-hydrogen) atoms. The highest BCUT2D eigenvalue weighted by Gasteiger charge is 2.13. The fourth-order valence-corrected chi connectivity index (χ4v) is 3.36. The van der Waals surface area contributed by atoms with Crippen LogP contribution in [0.2, 0.25) is 5.02 Å². The van der Waals surface area contributed by atoms with Gasteiger partial charge >= 0.3 is 0 Å². The molecule has 2 aromatic heterocycles. The van der Waals surface area contributed by atoms with Crippen LogP contribution in [-0.4, -0.2) is 11.8 Å². The van der Waals surface area contributed by atoms with Crippen LogP contribution in [0, 0.1) is 0 Å². The van der Waals surface area contributed by atoms with Crippen LogP contribution in [0.1, 0.15) is 20.2 Å². The highest BCUT2D eigenvalue weighted by molar-refractivity contribution is 7.12. The van der Waals surface area contributed by atoms with Crippen molar-refractivity contribution >= 4 is 57.1 Å². The molecule has 2 aromatic carbocycles. The highest BCUT2D eigenvalue weighted by atomic mass is 35.5. The first kappa shape index (κ1) is 17.3. The van der Waals surface area contributed by atoms with Crippen molar-refractivity contribution in [2.24, 2.45) is 0 Å². The van der Waals surface area contributed by atoms with Gasteiger partial charge in [-0.1, -0.05) is 17.7 Å². The van der Waals surface area contributed by atoms with E-state index in [4.69, 9.17) is 16.0 Å². The number of rotatable bonds is 4. The van der Waals surface area contributed by atoms with Crippen molar-refractivity contribution in [3.8, 4) is 0 Å². The van der Waals surface area contributed by atoms with Gasteiger partial charge in [0, 0.05) is 21.8 Å². The SMILES string of the molecule is O=C(Nc1ccc(NC(=O)c2cccs2)cc1)c1cc2cc(Cl)ccc2o1. The zero-order chi connectivity index (χ0) is 18.8. The normalized spacial score (nSPS) is 10.7. The summed E-state index contributed by atoms with van der Waals surface area (Å²) >= 11 is 7.32. The third-order valence-corrected chi connectivity index (χ3v) is 4.95. The Kier molecular flexibility index (Phi) is 4.66. The van der Waals surface area contributed by atoms with Gasteiger partial charge in [-0.2, -0.15) is 0 Å². The molecule has 4 aromatic rings. The van der Waals surface area contributed by atoms with Gasteiger partial charge in [0.15, 0.2) is 5.76 Å². The second kappa shape index (κ2) is 7.26. The number of carbonyl (C=O) groups excluding carboxylic acids is 2. The lowest BCUT2D eigenvalue weighted by Gasteiger charge is -2.06. The van der Waals surface area contributed by atoms with Gasteiger partial charge in [-0.25, -0.2) is 0 Å². The smallest absolute Gasteiger partial charge is 0.291 e. The first-order chi connectivity index (χ1) is 13.1. The molecule has 5 nitrogen and oxygen atoms in total. The lowest BCUT2D eigenvalue weighted by molar-refractivity contribution is 0.0996. The molecule has 0 aliphatic carbocycles. The molecular weight excluding hydrogens is 384 g/mol. The number of benzene rings is 2. The van der Waals surface area contributed by atoms with Gasteiger partial charge in [0.2, 0.25) is 0 Å². The van der Waals surface area contributed by atoms with Crippen molar-refractivity contribution in [1.29, 1.82) is 0 Å². The third-order valence-electron chi connectivity index (χ3n) is 3.85. The number of hydrogen-bond acceptors (Lipinski definition) is 4. The van der Waals surface area contributed by atoms with Gasteiger partial charge in [-0.05, 0) is 60.0 Å². The van der Waals surface area contributed by atoms with Crippen LogP contribution in [-0.2, 0) is 0 Å². The maximum absolute atomic E-state index is 12.4. The molecule has 0 saturated carbocycles. The van der Waals surface area contributed by atoms with E-state index >= 15 is 0 Å². The molecule has 0 spiro atoms. The van der Waals surface area contributed by atoms with Crippen molar-refractivity contribution in [2.45, 2.75) is 0 Å². The Hall–Kier alpha value is -3.09. The number of furan rings is 1. The fraction of sp³-hybridized carbons (Fsp3) is 0. The number of fused-ring (bicyclic) bond motifs is 1. The van der Waals surface area contributed by atoms with E-state index in [0.717, 1.165) is 5.39 Å². The largest absolute Gasteiger partial charge is 0.451 e. The summed E-state index contributed by atoms with van der Waals surface area (Å²) in [4.78, 5) is 25.1. The molecule has 2 N–H and O–H groups in total. The minimum atomic E-state index is -0.363. The topological polar surface area (TPSA) is 71.3 Å². The minimum Gasteiger partial charge on any atom is -0.451 e. The van der Waals surface area contributed by atoms with Gasteiger partial charge in [-0.15, -0.1) is 11.3 Å². The van der Waals surface area contributed by atoms with E-state index in [0.29, 0.717) is 26.9 Å². The summed E-state index contributed by atoms with van der Waals surface area (Å²) in [5, 5.41) is 8.76.